The fourth-order valence-electron chi connectivity index (χ4n) is 2.81. The van der Waals surface area contributed by atoms with Crippen LogP contribution >= 0.6 is 0 Å². The van der Waals surface area contributed by atoms with Gasteiger partial charge < -0.3 is 5.73 Å². The van der Waals surface area contributed by atoms with Crippen molar-refractivity contribution in [3.05, 3.63) is 18.3 Å². The molecule has 112 valence electrons. The molecule has 0 radical (unpaired) electrons. The Morgan fingerprint density at radius 2 is 2.10 bits per heavy atom. The highest BCUT2D eigenvalue weighted by atomic mass is 32.2. The molecular formula is C13H22N4O2S. The van der Waals surface area contributed by atoms with E-state index in [9.17, 15) is 8.42 Å². The summed E-state index contributed by atoms with van der Waals surface area (Å²) in [6.07, 6.45) is 5.54. The SMILES string of the molecule is C=CCN(C1CCCC1)S(=O)(=O)c1c(N)nn(C)c1C. The van der Waals surface area contributed by atoms with Crippen LogP contribution in [-0.2, 0) is 17.1 Å². The van der Waals surface area contributed by atoms with E-state index in [0.29, 0.717) is 12.2 Å². The van der Waals surface area contributed by atoms with Crippen LogP contribution in [0.25, 0.3) is 0 Å². The first-order valence-electron chi connectivity index (χ1n) is 6.81. The average molecular weight is 298 g/mol. The minimum atomic E-state index is -3.63. The molecule has 1 aliphatic carbocycles. The van der Waals surface area contributed by atoms with Crippen molar-refractivity contribution in [1.29, 1.82) is 0 Å². The van der Waals surface area contributed by atoms with Crippen molar-refractivity contribution in [1.82, 2.24) is 14.1 Å². The molecule has 0 amide bonds. The van der Waals surface area contributed by atoms with E-state index in [1.54, 1.807) is 20.0 Å². The lowest BCUT2D eigenvalue weighted by atomic mass is 10.2. The summed E-state index contributed by atoms with van der Waals surface area (Å²) in [5.41, 5.74) is 6.36. The molecule has 6 nitrogen and oxygen atoms in total. The van der Waals surface area contributed by atoms with Crippen LogP contribution in [0.3, 0.4) is 0 Å². The van der Waals surface area contributed by atoms with Gasteiger partial charge in [0.1, 0.15) is 4.90 Å². The van der Waals surface area contributed by atoms with Crippen molar-refractivity contribution in [3.8, 4) is 0 Å². The first-order chi connectivity index (χ1) is 9.39. The van der Waals surface area contributed by atoms with E-state index in [1.165, 1.54) is 8.99 Å². The summed E-state index contributed by atoms with van der Waals surface area (Å²) in [5.74, 6) is 0.0667. The second-order valence-electron chi connectivity index (χ2n) is 5.23. The molecular weight excluding hydrogens is 276 g/mol. The quantitative estimate of drug-likeness (QED) is 0.834. The number of aromatic nitrogens is 2. The van der Waals surface area contributed by atoms with E-state index >= 15 is 0 Å². The molecule has 0 unspecified atom stereocenters. The van der Waals surface area contributed by atoms with E-state index < -0.39 is 10.0 Å². The Morgan fingerprint density at radius 3 is 2.55 bits per heavy atom. The van der Waals surface area contributed by atoms with E-state index in [-0.39, 0.29) is 16.8 Å². The number of rotatable bonds is 5. The lowest BCUT2D eigenvalue weighted by Gasteiger charge is -2.26. The standard InChI is InChI=1S/C13H22N4O2S/c1-4-9-17(11-7-5-6-8-11)20(18,19)12-10(2)16(3)15-13(12)14/h4,11H,1,5-9H2,2-3H3,(H2,14,15). The number of hydrogen-bond acceptors (Lipinski definition) is 4. The summed E-state index contributed by atoms with van der Waals surface area (Å²) in [5, 5.41) is 4.01. The van der Waals surface area contributed by atoms with Crippen LogP contribution in [0.5, 0.6) is 0 Å². The van der Waals surface area contributed by atoms with Crippen molar-refractivity contribution in [2.24, 2.45) is 7.05 Å². The predicted molar refractivity (Wildman–Crippen MR) is 78.7 cm³/mol. The second kappa shape index (κ2) is 5.57. The topological polar surface area (TPSA) is 81.2 Å². The van der Waals surface area contributed by atoms with Crippen LogP contribution in [0.1, 0.15) is 31.4 Å². The van der Waals surface area contributed by atoms with Gasteiger partial charge in [-0.05, 0) is 19.8 Å². The smallest absolute Gasteiger partial charge is 0.249 e. The number of nitrogens with zero attached hydrogens (tertiary/aromatic N) is 3. The van der Waals surface area contributed by atoms with Crippen LogP contribution < -0.4 is 5.73 Å². The third-order valence-corrected chi connectivity index (χ3v) is 6.00. The summed E-state index contributed by atoms with van der Waals surface area (Å²) in [7, 11) is -1.94. The third kappa shape index (κ3) is 2.47. The fraction of sp³-hybridized carbons (Fsp3) is 0.615. The summed E-state index contributed by atoms with van der Waals surface area (Å²) in [6, 6.07) is 0.0389. The lowest BCUT2D eigenvalue weighted by molar-refractivity contribution is 0.347. The van der Waals surface area contributed by atoms with Crippen molar-refractivity contribution < 1.29 is 8.42 Å². The number of anilines is 1. The Balaban J connectivity index is 2.47. The van der Waals surface area contributed by atoms with Gasteiger partial charge in [0.25, 0.3) is 0 Å². The van der Waals surface area contributed by atoms with Gasteiger partial charge in [0, 0.05) is 19.6 Å². The van der Waals surface area contributed by atoms with Crippen molar-refractivity contribution >= 4 is 15.8 Å². The van der Waals surface area contributed by atoms with Gasteiger partial charge in [-0.3, -0.25) is 4.68 Å². The van der Waals surface area contributed by atoms with E-state index in [0.717, 1.165) is 25.7 Å². The highest BCUT2D eigenvalue weighted by molar-refractivity contribution is 7.89. The second-order valence-corrected chi connectivity index (χ2v) is 7.05. The zero-order valence-corrected chi connectivity index (χ0v) is 12.9. The zero-order valence-electron chi connectivity index (χ0n) is 12.0. The number of hydrogen-bond donors (Lipinski definition) is 1. The average Bonchev–Trinajstić information content (AvgIpc) is 2.96. The summed E-state index contributed by atoms with van der Waals surface area (Å²) >= 11 is 0. The Kier molecular flexibility index (Phi) is 4.19. The molecule has 20 heavy (non-hydrogen) atoms. The Hall–Kier alpha value is -1.34. The molecule has 1 aromatic rings. The Bertz CT molecular complexity index is 600. The van der Waals surface area contributed by atoms with Gasteiger partial charge >= 0.3 is 0 Å². The highest BCUT2D eigenvalue weighted by Crippen LogP contribution is 2.31. The van der Waals surface area contributed by atoms with Crippen LogP contribution in [0, 0.1) is 6.92 Å². The number of sulfonamides is 1. The maximum absolute atomic E-state index is 12.9. The zero-order chi connectivity index (χ0) is 14.9. The van der Waals surface area contributed by atoms with E-state index in [1.807, 2.05) is 0 Å². The minimum absolute atomic E-state index is 0.0389. The Morgan fingerprint density at radius 1 is 1.50 bits per heavy atom. The van der Waals surface area contributed by atoms with Crippen molar-refractivity contribution in [3.63, 3.8) is 0 Å². The lowest BCUT2D eigenvalue weighted by Crippen LogP contribution is -2.39. The molecule has 0 saturated heterocycles. The maximum atomic E-state index is 12.9. The number of nitrogen functional groups attached to an aromatic ring is 1. The minimum Gasteiger partial charge on any atom is -0.381 e. The molecule has 2 N–H and O–H groups in total. The monoisotopic (exact) mass is 298 g/mol. The number of nitrogens with two attached hydrogens (primary N) is 1. The molecule has 0 atom stereocenters. The fourth-order valence-corrected chi connectivity index (χ4v) is 4.76. The summed E-state index contributed by atoms with van der Waals surface area (Å²) < 4.78 is 28.8. The van der Waals surface area contributed by atoms with Crippen molar-refractivity contribution in [2.45, 2.75) is 43.5 Å². The van der Waals surface area contributed by atoms with E-state index in [4.69, 9.17) is 5.73 Å². The predicted octanol–water partition coefficient (Wildman–Crippen LogP) is 1.43. The van der Waals surface area contributed by atoms with Crippen LogP contribution in [0.2, 0.25) is 0 Å². The van der Waals surface area contributed by atoms with Crippen molar-refractivity contribution in [2.75, 3.05) is 12.3 Å². The molecule has 1 fully saturated rings. The normalized spacial score (nSPS) is 16.9. The summed E-state index contributed by atoms with van der Waals surface area (Å²) in [4.78, 5) is 0.133. The van der Waals surface area contributed by atoms with Gasteiger partial charge in [-0.2, -0.15) is 9.40 Å². The Labute approximate surface area is 120 Å². The van der Waals surface area contributed by atoms with Crippen LogP contribution in [0.15, 0.2) is 17.6 Å². The largest absolute Gasteiger partial charge is 0.381 e. The van der Waals surface area contributed by atoms with Gasteiger partial charge in [-0.15, -0.1) is 6.58 Å². The molecule has 1 aliphatic rings. The van der Waals surface area contributed by atoms with Gasteiger partial charge in [-0.1, -0.05) is 18.9 Å². The van der Waals surface area contributed by atoms with Gasteiger partial charge in [0.15, 0.2) is 5.82 Å². The van der Waals surface area contributed by atoms with Crippen LogP contribution in [0.4, 0.5) is 5.82 Å². The molecule has 1 saturated carbocycles. The third-order valence-electron chi connectivity index (χ3n) is 3.91. The van der Waals surface area contributed by atoms with Gasteiger partial charge in [0.05, 0.1) is 5.69 Å². The maximum Gasteiger partial charge on any atom is 0.249 e. The molecule has 7 heteroatoms. The molecule has 2 rings (SSSR count). The molecule has 0 aromatic carbocycles. The molecule has 1 heterocycles. The first-order valence-corrected chi connectivity index (χ1v) is 8.25. The molecule has 1 aromatic heterocycles. The van der Waals surface area contributed by atoms with E-state index in [2.05, 4.69) is 11.7 Å². The van der Waals surface area contributed by atoms with Gasteiger partial charge in [-0.25, -0.2) is 8.42 Å². The molecule has 0 spiro atoms. The number of aryl methyl sites for hydroxylation is 1. The van der Waals surface area contributed by atoms with Crippen LogP contribution in [-0.4, -0.2) is 35.1 Å². The molecule has 0 bridgehead atoms. The van der Waals surface area contributed by atoms with Gasteiger partial charge in [0.2, 0.25) is 10.0 Å². The summed E-state index contributed by atoms with van der Waals surface area (Å²) in [6.45, 7) is 5.70. The first kappa shape index (κ1) is 15.1. The highest BCUT2D eigenvalue weighted by Gasteiger charge is 2.36. The molecule has 0 aliphatic heterocycles.